The predicted octanol–water partition coefficient (Wildman–Crippen LogP) is 3.54. The van der Waals surface area contributed by atoms with Gasteiger partial charge in [0.2, 0.25) is 0 Å². The lowest BCUT2D eigenvalue weighted by atomic mass is 10.2. The monoisotopic (exact) mass is 381 g/mol. The molecule has 0 bridgehead atoms. The molecule has 0 aliphatic rings. The summed E-state index contributed by atoms with van der Waals surface area (Å²) in [7, 11) is 3.23. The summed E-state index contributed by atoms with van der Waals surface area (Å²) in [5, 5.41) is 6.26. The summed E-state index contributed by atoms with van der Waals surface area (Å²) in [5.74, 6) is 2.75. The second-order valence-corrected chi connectivity index (χ2v) is 6.79. The van der Waals surface area contributed by atoms with Crippen molar-refractivity contribution in [2.75, 3.05) is 14.2 Å². The summed E-state index contributed by atoms with van der Waals surface area (Å²) in [6, 6.07) is 9.66. The van der Waals surface area contributed by atoms with Crippen molar-refractivity contribution >= 4 is 28.3 Å². The molecule has 0 radical (unpaired) electrons. The van der Waals surface area contributed by atoms with Crippen molar-refractivity contribution < 1.29 is 9.47 Å². The van der Waals surface area contributed by atoms with Crippen molar-refractivity contribution in [3.8, 4) is 11.5 Å². The maximum absolute atomic E-state index is 5.44. The van der Waals surface area contributed by atoms with Gasteiger partial charge in [-0.25, -0.2) is 9.97 Å². The lowest BCUT2D eigenvalue weighted by molar-refractivity contribution is 0.355. The van der Waals surface area contributed by atoms with Crippen LogP contribution in [0.5, 0.6) is 11.5 Å². The summed E-state index contributed by atoms with van der Waals surface area (Å²) in [4.78, 5) is 13.9. The van der Waals surface area contributed by atoms with Crippen LogP contribution in [0.15, 0.2) is 41.7 Å². The number of thioether (sulfide) groups is 1. The number of rotatable bonds is 6. The molecule has 4 rings (SSSR count). The molecule has 1 aromatic carbocycles. The zero-order valence-electron chi connectivity index (χ0n) is 15.3. The number of hydrogen-bond acceptors (Lipinski definition) is 7. The highest BCUT2D eigenvalue weighted by molar-refractivity contribution is 7.98. The fourth-order valence-electron chi connectivity index (χ4n) is 2.82. The third kappa shape index (κ3) is 3.28. The summed E-state index contributed by atoms with van der Waals surface area (Å²) in [6.07, 6.45) is 2.54. The number of nitrogens with zero attached hydrogens (tertiary/aromatic N) is 5. The minimum atomic E-state index is 0.637. The van der Waals surface area contributed by atoms with Crippen molar-refractivity contribution in [3.05, 3.63) is 48.0 Å². The smallest absolute Gasteiger partial charge is 0.191 e. The van der Waals surface area contributed by atoms with Gasteiger partial charge in [0.1, 0.15) is 0 Å². The predicted molar refractivity (Wildman–Crippen MR) is 105 cm³/mol. The van der Waals surface area contributed by atoms with Crippen LogP contribution in [0.3, 0.4) is 0 Å². The number of aryl methyl sites for hydroxylation is 1. The molecule has 0 aliphatic heterocycles. The first-order valence-electron chi connectivity index (χ1n) is 8.57. The topological polar surface area (TPSA) is 74.4 Å². The molecule has 3 aromatic heterocycles. The molecule has 0 amide bonds. The molecular formula is C19H19N5O2S. The number of aromatic nitrogens is 5. The maximum Gasteiger partial charge on any atom is 0.191 e. The Hall–Kier alpha value is -2.87. The minimum Gasteiger partial charge on any atom is -0.493 e. The Balaban J connectivity index is 1.87. The maximum atomic E-state index is 5.44. The number of fused-ring (bicyclic) bond motifs is 3. The SMILES string of the molecule is CCc1nc2c3cc(OC)c(OC)cc3nc(SCc3ccccn3)n2n1. The van der Waals surface area contributed by atoms with E-state index in [1.54, 1.807) is 36.7 Å². The highest BCUT2D eigenvalue weighted by atomic mass is 32.2. The molecule has 0 unspecified atom stereocenters. The Morgan fingerprint density at radius 2 is 1.89 bits per heavy atom. The molecule has 8 heteroatoms. The average Bonchev–Trinajstić information content (AvgIpc) is 3.16. The fourth-order valence-corrected chi connectivity index (χ4v) is 3.68. The van der Waals surface area contributed by atoms with Gasteiger partial charge in [-0.3, -0.25) is 4.98 Å². The number of methoxy groups -OCH3 is 2. The van der Waals surface area contributed by atoms with E-state index in [1.165, 1.54) is 0 Å². The molecule has 27 heavy (non-hydrogen) atoms. The molecule has 0 spiro atoms. The van der Waals surface area contributed by atoms with Crippen LogP contribution in [0.1, 0.15) is 18.4 Å². The Morgan fingerprint density at radius 3 is 2.59 bits per heavy atom. The van der Waals surface area contributed by atoms with E-state index in [1.807, 2.05) is 37.3 Å². The summed E-state index contributed by atoms with van der Waals surface area (Å²) < 4.78 is 12.7. The van der Waals surface area contributed by atoms with Crippen LogP contribution >= 0.6 is 11.8 Å². The lowest BCUT2D eigenvalue weighted by Crippen LogP contribution is -2.00. The van der Waals surface area contributed by atoms with Crippen molar-refractivity contribution in [3.63, 3.8) is 0 Å². The molecule has 138 valence electrons. The van der Waals surface area contributed by atoms with E-state index in [0.29, 0.717) is 17.3 Å². The molecule has 0 N–H and O–H groups in total. The number of benzene rings is 1. The molecular weight excluding hydrogens is 362 g/mol. The van der Waals surface area contributed by atoms with Gasteiger partial charge in [-0.15, -0.1) is 5.10 Å². The second kappa shape index (κ2) is 7.40. The van der Waals surface area contributed by atoms with E-state index in [0.717, 1.165) is 39.6 Å². The third-order valence-corrected chi connectivity index (χ3v) is 5.15. The summed E-state index contributed by atoms with van der Waals surface area (Å²) in [5.41, 5.74) is 2.54. The number of ether oxygens (including phenoxy) is 2. The quantitative estimate of drug-likeness (QED) is 0.373. The van der Waals surface area contributed by atoms with E-state index >= 15 is 0 Å². The Kier molecular flexibility index (Phi) is 4.81. The van der Waals surface area contributed by atoms with E-state index < -0.39 is 0 Å². The molecule has 7 nitrogen and oxygen atoms in total. The van der Waals surface area contributed by atoms with Gasteiger partial charge in [-0.1, -0.05) is 24.8 Å². The highest BCUT2D eigenvalue weighted by Gasteiger charge is 2.16. The fraction of sp³-hybridized carbons (Fsp3) is 0.263. The van der Waals surface area contributed by atoms with Gasteiger partial charge in [-0.2, -0.15) is 4.52 Å². The number of pyridine rings is 1. The molecule has 0 saturated carbocycles. The van der Waals surface area contributed by atoms with E-state index in [4.69, 9.17) is 19.4 Å². The van der Waals surface area contributed by atoms with Crippen LogP contribution in [-0.2, 0) is 12.2 Å². The minimum absolute atomic E-state index is 0.637. The van der Waals surface area contributed by atoms with Gasteiger partial charge < -0.3 is 9.47 Å². The van der Waals surface area contributed by atoms with E-state index in [-0.39, 0.29) is 0 Å². The Morgan fingerprint density at radius 1 is 1.07 bits per heavy atom. The largest absolute Gasteiger partial charge is 0.493 e. The molecule has 3 heterocycles. The van der Waals surface area contributed by atoms with Gasteiger partial charge in [-0.05, 0) is 18.2 Å². The highest BCUT2D eigenvalue weighted by Crippen LogP contribution is 2.34. The van der Waals surface area contributed by atoms with Crippen molar-refractivity contribution in [1.82, 2.24) is 24.6 Å². The zero-order valence-corrected chi connectivity index (χ0v) is 16.2. The van der Waals surface area contributed by atoms with Crippen molar-refractivity contribution in [2.24, 2.45) is 0 Å². The van der Waals surface area contributed by atoms with Gasteiger partial charge in [0.15, 0.2) is 28.1 Å². The van der Waals surface area contributed by atoms with E-state index in [9.17, 15) is 0 Å². The van der Waals surface area contributed by atoms with Crippen LogP contribution in [-0.4, -0.2) is 38.8 Å². The second-order valence-electron chi connectivity index (χ2n) is 5.85. The molecule has 0 aliphatic carbocycles. The Labute approximate surface area is 160 Å². The van der Waals surface area contributed by atoms with Crippen LogP contribution in [0, 0.1) is 0 Å². The summed E-state index contributed by atoms with van der Waals surface area (Å²) in [6.45, 7) is 2.04. The normalized spacial score (nSPS) is 11.2. The molecule has 0 atom stereocenters. The number of hydrogen-bond donors (Lipinski definition) is 0. The van der Waals surface area contributed by atoms with Crippen LogP contribution in [0.4, 0.5) is 0 Å². The molecule has 4 aromatic rings. The lowest BCUT2D eigenvalue weighted by Gasteiger charge is -2.11. The molecule has 0 saturated heterocycles. The standard InChI is InChI=1S/C19H19N5O2S/c1-4-17-22-18-13-9-15(25-2)16(26-3)10-14(13)21-19(24(18)23-17)27-11-12-7-5-6-8-20-12/h5-10H,4,11H2,1-3H3. The first kappa shape index (κ1) is 17.5. The Bertz CT molecular complexity index is 1100. The third-order valence-electron chi connectivity index (χ3n) is 4.18. The first-order valence-corrected chi connectivity index (χ1v) is 9.56. The van der Waals surface area contributed by atoms with Gasteiger partial charge in [0, 0.05) is 29.8 Å². The van der Waals surface area contributed by atoms with Gasteiger partial charge >= 0.3 is 0 Å². The van der Waals surface area contributed by atoms with Crippen molar-refractivity contribution in [1.29, 1.82) is 0 Å². The van der Waals surface area contributed by atoms with Crippen LogP contribution in [0.25, 0.3) is 16.6 Å². The van der Waals surface area contributed by atoms with Crippen LogP contribution in [0.2, 0.25) is 0 Å². The molecule has 0 fully saturated rings. The average molecular weight is 381 g/mol. The van der Waals surface area contributed by atoms with Crippen LogP contribution < -0.4 is 9.47 Å². The van der Waals surface area contributed by atoms with E-state index in [2.05, 4.69) is 10.1 Å². The van der Waals surface area contributed by atoms with Gasteiger partial charge in [0.25, 0.3) is 0 Å². The van der Waals surface area contributed by atoms with Gasteiger partial charge in [0.05, 0.1) is 25.4 Å². The first-order chi connectivity index (χ1) is 13.2. The summed E-state index contributed by atoms with van der Waals surface area (Å²) >= 11 is 1.58. The zero-order chi connectivity index (χ0) is 18.8. The van der Waals surface area contributed by atoms with Crippen molar-refractivity contribution in [2.45, 2.75) is 24.3 Å².